The third-order valence-corrected chi connectivity index (χ3v) is 6.35. The number of nitrogens with zero attached hydrogens (tertiary/aromatic N) is 6. The number of amides is 1. The van der Waals surface area contributed by atoms with Crippen molar-refractivity contribution in [3.8, 4) is 6.07 Å². The van der Waals surface area contributed by atoms with Crippen molar-refractivity contribution >= 4 is 33.9 Å². The SMILES string of the molecule is N#Cc1ccc2oc(N3CCN(C(=O)CCOCCn4cc(C(F)(F)F)c5c(=O)[nH]ncc54)CC3)nc2c1. The van der Waals surface area contributed by atoms with Crippen LogP contribution in [0.15, 0.2) is 39.8 Å². The van der Waals surface area contributed by atoms with Gasteiger partial charge >= 0.3 is 6.18 Å². The van der Waals surface area contributed by atoms with Gasteiger partial charge in [0, 0.05) is 38.9 Å². The van der Waals surface area contributed by atoms with Crippen LogP contribution in [0.3, 0.4) is 0 Å². The Kier molecular flexibility index (Phi) is 6.77. The van der Waals surface area contributed by atoms with E-state index < -0.39 is 22.7 Å². The Balaban J connectivity index is 1.09. The minimum absolute atomic E-state index is 0.0557. The molecule has 1 amide bonds. The molecule has 1 aliphatic rings. The standard InChI is InChI=1S/C24H22F3N7O4/c25-24(26,27)16-14-34(18-13-29-31-22(36)21(16)18)8-10-37-9-3-20(35)32-4-6-33(7-5-32)23-30-17-11-15(12-28)1-2-19(17)38-23/h1-2,11,13-14H,3-10H2,(H,31,36). The molecular formula is C24H22F3N7O4. The van der Waals surface area contributed by atoms with E-state index in [0.29, 0.717) is 48.9 Å². The number of rotatable bonds is 7. The highest BCUT2D eigenvalue weighted by Crippen LogP contribution is 2.34. The molecule has 0 atom stereocenters. The molecule has 1 N–H and O–H groups in total. The molecule has 4 aromatic rings. The number of fused-ring (bicyclic) bond motifs is 2. The van der Waals surface area contributed by atoms with Crippen molar-refractivity contribution in [3.63, 3.8) is 0 Å². The second kappa shape index (κ2) is 10.2. The lowest BCUT2D eigenvalue weighted by molar-refractivity contribution is -0.136. The number of aromatic nitrogens is 4. The molecule has 11 nitrogen and oxygen atoms in total. The van der Waals surface area contributed by atoms with Gasteiger partial charge in [0.15, 0.2) is 5.58 Å². The number of halogens is 3. The summed E-state index contributed by atoms with van der Waals surface area (Å²) >= 11 is 0. The summed E-state index contributed by atoms with van der Waals surface area (Å²) in [5.74, 6) is -0.0950. The van der Waals surface area contributed by atoms with Crippen LogP contribution in [0.4, 0.5) is 19.2 Å². The Hall–Kier alpha value is -4.38. The average Bonchev–Trinajstić information content (AvgIpc) is 3.50. The minimum atomic E-state index is -4.68. The Morgan fingerprint density at radius 1 is 1.21 bits per heavy atom. The molecule has 0 saturated carbocycles. The second-order valence-electron chi connectivity index (χ2n) is 8.71. The predicted molar refractivity (Wildman–Crippen MR) is 128 cm³/mol. The zero-order chi connectivity index (χ0) is 26.9. The van der Waals surface area contributed by atoms with E-state index in [1.807, 2.05) is 10.00 Å². The van der Waals surface area contributed by atoms with Gasteiger partial charge in [-0.15, -0.1) is 0 Å². The first-order chi connectivity index (χ1) is 18.2. The Labute approximate surface area is 213 Å². The van der Waals surface area contributed by atoms with Gasteiger partial charge in [0.25, 0.3) is 11.6 Å². The predicted octanol–water partition coefficient (Wildman–Crippen LogP) is 2.51. The maximum atomic E-state index is 13.3. The van der Waals surface area contributed by atoms with Crippen LogP contribution >= 0.6 is 0 Å². The van der Waals surface area contributed by atoms with Crippen LogP contribution < -0.4 is 10.5 Å². The largest absolute Gasteiger partial charge is 0.423 e. The number of hydrogen-bond donors (Lipinski definition) is 1. The van der Waals surface area contributed by atoms with Crippen LogP contribution in [0, 0.1) is 11.3 Å². The van der Waals surface area contributed by atoms with Gasteiger partial charge in [0.2, 0.25) is 5.91 Å². The monoisotopic (exact) mass is 529 g/mol. The molecule has 0 aliphatic carbocycles. The number of nitrogens with one attached hydrogen (secondary N) is 1. The number of alkyl halides is 3. The van der Waals surface area contributed by atoms with Gasteiger partial charge in [-0.05, 0) is 18.2 Å². The van der Waals surface area contributed by atoms with E-state index in [-0.39, 0.29) is 37.6 Å². The van der Waals surface area contributed by atoms with Crippen molar-refractivity contribution in [2.45, 2.75) is 19.1 Å². The molecule has 38 heavy (non-hydrogen) atoms. The van der Waals surface area contributed by atoms with Crippen LogP contribution in [0.5, 0.6) is 0 Å². The van der Waals surface area contributed by atoms with Crippen molar-refractivity contribution in [1.82, 2.24) is 24.6 Å². The van der Waals surface area contributed by atoms with Crippen LogP contribution in [0.25, 0.3) is 22.0 Å². The molecule has 0 bridgehead atoms. The topological polar surface area (TPSA) is 133 Å². The molecule has 1 aliphatic heterocycles. The zero-order valence-corrected chi connectivity index (χ0v) is 20.0. The second-order valence-corrected chi connectivity index (χ2v) is 8.71. The summed E-state index contributed by atoms with van der Waals surface area (Å²) in [6.45, 7) is 2.22. The van der Waals surface area contributed by atoms with E-state index in [2.05, 4.69) is 16.2 Å². The normalized spacial score (nSPS) is 14.4. The van der Waals surface area contributed by atoms with Crippen molar-refractivity contribution < 1.29 is 27.1 Å². The van der Waals surface area contributed by atoms with Gasteiger partial charge in [-0.3, -0.25) is 9.59 Å². The quantitative estimate of drug-likeness (QED) is 0.361. The number of H-pyrrole nitrogens is 1. The lowest BCUT2D eigenvalue weighted by Gasteiger charge is -2.33. The van der Waals surface area contributed by atoms with Crippen molar-refractivity contribution in [2.24, 2.45) is 0 Å². The molecule has 5 rings (SSSR count). The van der Waals surface area contributed by atoms with E-state index in [0.717, 1.165) is 6.20 Å². The van der Waals surface area contributed by atoms with Crippen LogP contribution in [-0.4, -0.2) is 69.9 Å². The van der Waals surface area contributed by atoms with Crippen LogP contribution in [0.2, 0.25) is 0 Å². The fourth-order valence-corrected chi connectivity index (χ4v) is 4.41. The molecule has 1 fully saturated rings. The number of carbonyl (C=O) groups excluding carboxylic acids is 1. The van der Waals surface area contributed by atoms with Crippen molar-refractivity contribution in [3.05, 3.63) is 52.1 Å². The van der Waals surface area contributed by atoms with Gasteiger partial charge in [0.05, 0.1) is 53.9 Å². The van der Waals surface area contributed by atoms with Gasteiger partial charge in [-0.2, -0.15) is 28.5 Å². The van der Waals surface area contributed by atoms with E-state index >= 15 is 0 Å². The summed E-state index contributed by atoms with van der Waals surface area (Å²) in [7, 11) is 0. The number of ether oxygens (including phenoxy) is 1. The molecule has 0 unspecified atom stereocenters. The maximum Gasteiger partial charge on any atom is 0.418 e. The van der Waals surface area contributed by atoms with E-state index in [1.165, 1.54) is 10.8 Å². The lowest BCUT2D eigenvalue weighted by atomic mass is 10.2. The molecule has 198 valence electrons. The minimum Gasteiger partial charge on any atom is -0.423 e. The third kappa shape index (κ3) is 5.05. The first-order valence-electron chi connectivity index (χ1n) is 11.8. The summed E-state index contributed by atoms with van der Waals surface area (Å²) in [6.07, 6.45) is -2.52. The number of piperazine rings is 1. The van der Waals surface area contributed by atoms with Gasteiger partial charge in [-0.1, -0.05) is 0 Å². The molecule has 14 heteroatoms. The number of aromatic amines is 1. The van der Waals surface area contributed by atoms with E-state index in [9.17, 15) is 22.8 Å². The van der Waals surface area contributed by atoms with Crippen molar-refractivity contribution in [1.29, 1.82) is 5.26 Å². The van der Waals surface area contributed by atoms with Gasteiger partial charge in [0.1, 0.15) is 5.52 Å². The fraction of sp³-hybridized carbons (Fsp3) is 0.375. The molecular weight excluding hydrogens is 507 g/mol. The number of nitriles is 1. The van der Waals surface area contributed by atoms with E-state index in [4.69, 9.17) is 14.4 Å². The lowest BCUT2D eigenvalue weighted by Crippen LogP contribution is -2.49. The Bertz CT molecular complexity index is 1580. The highest BCUT2D eigenvalue weighted by Gasteiger charge is 2.36. The van der Waals surface area contributed by atoms with Crippen molar-refractivity contribution in [2.75, 3.05) is 44.3 Å². The molecule has 3 aromatic heterocycles. The molecule has 0 spiro atoms. The van der Waals surface area contributed by atoms with Crippen LogP contribution in [-0.2, 0) is 22.3 Å². The first kappa shape index (κ1) is 25.3. The Morgan fingerprint density at radius 3 is 2.74 bits per heavy atom. The smallest absolute Gasteiger partial charge is 0.418 e. The Morgan fingerprint density at radius 2 is 2.00 bits per heavy atom. The maximum absolute atomic E-state index is 13.3. The summed E-state index contributed by atoms with van der Waals surface area (Å²) in [4.78, 5) is 32.6. The van der Waals surface area contributed by atoms with E-state index in [1.54, 1.807) is 23.1 Å². The summed E-state index contributed by atoms with van der Waals surface area (Å²) in [6, 6.07) is 7.53. The fourth-order valence-electron chi connectivity index (χ4n) is 4.41. The molecule has 4 heterocycles. The summed E-state index contributed by atoms with van der Waals surface area (Å²) < 4.78 is 52.6. The highest BCUT2D eigenvalue weighted by molar-refractivity contribution is 5.82. The average molecular weight is 529 g/mol. The first-order valence-corrected chi connectivity index (χ1v) is 11.8. The summed E-state index contributed by atoms with van der Waals surface area (Å²) in [5, 5.41) is 14.2. The van der Waals surface area contributed by atoms with Crippen LogP contribution in [0.1, 0.15) is 17.5 Å². The molecule has 1 saturated heterocycles. The van der Waals surface area contributed by atoms with Gasteiger partial charge in [-0.25, -0.2) is 5.10 Å². The number of benzene rings is 1. The zero-order valence-electron chi connectivity index (χ0n) is 20.0. The third-order valence-electron chi connectivity index (χ3n) is 6.35. The van der Waals surface area contributed by atoms with Gasteiger partial charge < -0.3 is 23.5 Å². The molecule has 0 radical (unpaired) electrons. The number of carbonyl (C=O) groups is 1. The number of oxazole rings is 1. The molecule has 1 aromatic carbocycles. The highest BCUT2D eigenvalue weighted by atomic mass is 19.4. The number of hydrogen-bond acceptors (Lipinski definition) is 8. The summed E-state index contributed by atoms with van der Waals surface area (Å²) in [5.41, 5.74) is -0.210. The number of anilines is 1.